The lowest BCUT2D eigenvalue weighted by Crippen LogP contribution is -2.30. The summed E-state index contributed by atoms with van der Waals surface area (Å²) in [6.07, 6.45) is 6.60. The van der Waals surface area contributed by atoms with Gasteiger partial charge in [-0.05, 0) is 47.2 Å². The Labute approximate surface area is 82.3 Å². The van der Waals surface area contributed by atoms with Gasteiger partial charge in [-0.25, -0.2) is 0 Å². The second kappa shape index (κ2) is 3.72. The molecule has 1 aliphatic carbocycles. The van der Waals surface area contributed by atoms with Gasteiger partial charge in [0.25, 0.3) is 0 Å². The van der Waals surface area contributed by atoms with Gasteiger partial charge in [-0.1, -0.05) is 18.2 Å². The Hall–Kier alpha value is 0.170. The van der Waals surface area contributed by atoms with Gasteiger partial charge in [0.1, 0.15) is 0 Å². The molecule has 11 heavy (non-hydrogen) atoms. The lowest BCUT2D eigenvalue weighted by atomic mass is 10.0. The van der Waals surface area contributed by atoms with Gasteiger partial charge < -0.3 is 4.90 Å². The molecule has 0 saturated carbocycles. The lowest BCUT2D eigenvalue weighted by molar-refractivity contribution is 0.282. The third-order valence-corrected chi connectivity index (χ3v) is 3.31. The van der Waals surface area contributed by atoms with E-state index in [1.807, 2.05) is 0 Å². The first kappa shape index (κ1) is 9.26. The van der Waals surface area contributed by atoms with Crippen molar-refractivity contribution >= 4 is 22.6 Å². The molecule has 1 unspecified atom stereocenters. The van der Waals surface area contributed by atoms with Crippen molar-refractivity contribution in [2.75, 3.05) is 14.1 Å². The van der Waals surface area contributed by atoms with Gasteiger partial charge in [0, 0.05) is 12.0 Å². The first-order valence-electron chi connectivity index (χ1n) is 3.83. The third kappa shape index (κ3) is 2.06. The molecule has 0 N–H and O–H groups in total. The maximum Gasteiger partial charge on any atom is 0.0232 e. The zero-order valence-electron chi connectivity index (χ0n) is 7.21. The van der Waals surface area contributed by atoms with E-state index < -0.39 is 0 Å². The standard InChI is InChI=1S/C9H14IN/c1-7(11(2)3)8-5-4-6-9(8)10/h4-8H,1-3H3/t7-,8?/m1/s1. The summed E-state index contributed by atoms with van der Waals surface area (Å²) in [6, 6.07) is 0.608. The van der Waals surface area contributed by atoms with Crippen molar-refractivity contribution < 1.29 is 0 Å². The fourth-order valence-electron chi connectivity index (χ4n) is 1.18. The van der Waals surface area contributed by atoms with Crippen molar-refractivity contribution in [1.82, 2.24) is 4.90 Å². The number of nitrogens with zero attached hydrogens (tertiary/aromatic N) is 1. The second-order valence-electron chi connectivity index (χ2n) is 3.17. The van der Waals surface area contributed by atoms with E-state index in [2.05, 4.69) is 66.7 Å². The van der Waals surface area contributed by atoms with Crippen LogP contribution in [0.3, 0.4) is 0 Å². The highest BCUT2D eigenvalue weighted by atomic mass is 127. The summed E-state index contributed by atoms with van der Waals surface area (Å²) >= 11 is 2.41. The van der Waals surface area contributed by atoms with E-state index in [9.17, 15) is 0 Å². The van der Waals surface area contributed by atoms with Crippen LogP contribution in [0.4, 0.5) is 0 Å². The molecule has 62 valence electrons. The summed E-state index contributed by atoms with van der Waals surface area (Å²) in [5, 5.41) is 0. The van der Waals surface area contributed by atoms with E-state index >= 15 is 0 Å². The van der Waals surface area contributed by atoms with Gasteiger partial charge >= 0.3 is 0 Å². The number of halogens is 1. The Kier molecular flexibility index (Phi) is 3.13. The summed E-state index contributed by atoms with van der Waals surface area (Å²) in [5.41, 5.74) is 0. The van der Waals surface area contributed by atoms with Crippen LogP contribution < -0.4 is 0 Å². The monoisotopic (exact) mass is 263 g/mol. The van der Waals surface area contributed by atoms with E-state index in [0.717, 1.165) is 0 Å². The average molecular weight is 263 g/mol. The van der Waals surface area contributed by atoms with Crippen molar-refractivity contribution in [3.63, 3.8) is 0 Å². The zero-order valence-corrected chi connectivity index (χ0v) is 9.37. The van der Waals surface area contributed by atoms with Crippen LogP contribution in [0.2, 0.25) is 0 Å². The second-order valence-corrected chi connectivity index (χ2v) is 4.41. The molecular formula is C9H14IN. The zero-order chi connectivity index (χ0) is 8.43. The molecule has 0 aromatic rings. The normalized spacial score (nSPS) is 25.9. The minimum atomic E-state index is 0.608. The number of rotatable bonds is 2. The number of hydrogen-bond acceptors (Lipinski definition) is 1. The smallest absolute Gasteiger partial charge is 0.0232 e. The highest BCUT2D eigenvalue weighted by Gasteiger charge is 2.20. The molecular weight excluding hydrogens is 249 g/mol. The van der Waals surface area contributed by atoms with E-state index in [0.29, 0.717) is 12.0 Å². The molecule has 0 spiro atoms. The summed E-state index contributed by atoms with van der Waals surface area (Å²) < 4.78 is 1.45. The van der Waals surface area contributed by atoms with Crippen molar-refractivity contribution in [3.05, 3.63) is 21.8 Å². The molecule has 0 radical (unpaired) electrons. The van der Waals surface area contributed by atoms with E-state index in [4.69, 9.17) is 0 Å². The molecule has 0 amide bonds. The summed E-state index contributed by atoms with van der Waals surface area (Å²) in [5.74, 6) is 0.616. The molecule has 0 saturated heterocycles. The SMILES string of the molecule is C[C@H](C1C=CC=C1I)N(C)C. The highest BCUT2D eigenvalue weighted by molar-refractivity contribution is 14.1. The average Bonchev–Trinajstić information content (AvgIpc) is 2.33. The maximum absolute atomic E-state index is 2.41. The quantitative estimate of drug-likeness (QED) is 0.692. The Morgan fingerprint density at radius 1 is 1.55 bits per heavy atom. The van der Waals surface area contributed by atoms with Gasteiger partial charge in [0.05, 0.1) is 0 Å². The van der Waals surface area contributed by atoms with Gasteiger partial charge in [-0.3, -0.25) is 0 Å². The molecule has 2 atom stereocenters. The molecule has 1 nitrogen and oxygen atoms in total. The molecule has 0 fully saturated rings. The molecule has 0 heterocycles. The van der Waals surface area contributed by atoms with Gasteiger partial charge in [0.15, 0.2) is 0 Å². The van der Waals surface area contributed by atoms with Crippen LogP contribution in [0.1, 0.15) is 6.92 Å². The molecule has 0 aromatic carbocycles. The minimum absolute atomic E-state index is 0.608. The number of hydrogen-bond donors (Lipinski definition) is 0. The Bertz CT molecular complexity index is 194. The molecule has 0 bridgehead atoms. The molecule has 1 aliphatic rings. The van der Waals surface area contributed by atoms with E-state index in [-0.39, 0.29) is 0 Å². The van der Waals surface area contributed by atoms with Crippen molar-refractivity contribution in [2.45, 2.75) is 13.0 Å². The van der Waals surface area contributed by atoms with Gasteiger partial charge in [0.2, 0.25) is 0 Å². The number of allylic oxidation sites excluding steroid dienone is 2. The largest absolute Gasteiger partial charge is 0.306 e. The third-order valence-electron chi connectivity index (χ3n) is 2.23. The molecule has 1 rings (SSSR count). The maximum atomic E-state index is 2.41. The summed E-state index contributed by atoms with van der Waals surface area (Å²) in [7, 11) is 4.25. The predicted octanol–water partition coefficient (Wildman–Crippen LogP) is 2.44. The van der Waals surface area contributed by atoms with Crippen molar-refractivity contribution in [2.24, 2.45) is 5.92 Å². The van der Waals surface area contributed by atoms with Gasteiger partial charge in [-0.2, -0.15) is 0 Å². The van der Waals surface area contributed by atoms with Crippen LogP contribution in [-0.4, -0.2) is 25.0 Å². The lowest BCUT2D eigenvalue weighted by Gasteiger charge is -2.25. The van der Waals surface area contributed by atoms with Crippen LogP contribution in [-0.2, 0) is 0 Å². The summed E-state index contributed by atoms with van der Waals surface area (Å²) in [4.78, 5) is 2.26. The van der Waals surface area contributed by atoms with Crippen LogP contribution >= 0.6 is 22.6 Å². The van der Waals surface area contributed by atoms with Gasteiger partial charge in [-0.15, -0.1) is 0 Å². The molecule has 0 aliphatic heterocycles. The minimum Gasteiger partial charge on any atom is -0.306 e. The van der Waals surface area contributed by atoms with E-state index in [1.54, 1.807) is 0 Å². The van der Waals surface area contributed by atoms with E-state index in [1.165, 1.54) is 3.58 Å². The van der Waals surface area contributed by atoms with Crippen LogP contribution in [0.25, 0.3) is 0 Å². The molecule has 0 aromatic heterocycles. The Balaban J connectivity index is 2.62. The van der Waals surface area contributed by atoms with Crippen molar-refractivity contribution in [3.8, 4) is 0 Å². The predicted molar refractivity (Wildman–Crippen MR) is 57.9 cm³/mol. The first-order chi connectivity index (χ1) is 5.13. The van der Waals surface area contributed by atoms with Crippen LogP contribution in [0.15, 0.2) is 21.8 Å². The van der Waals surface area contributed by atoms with Crippen LogP contribution in [0, 0.1) is 5.92 Å². The first-order valence-corrected chi connectivity index (χ1v) is 4.91. The fraction of sp³-hybridized carbons (Fsp3) is 0.556. The Morgan fingerprint density at radius 3 is 2.55 bits per heavy atom. The highest BCUT2D eigenvalue weighted by Crippen LogP contribution is 2.29. The Morgan fingerprint density at radius 2 is 2.18 bits per heavy atom. The fourth-order valence-corrected chi connectivity index (χ4v) is 2.12. The van der Waals surface area contributed by atoms with Crippen molar-refractivity contribution in [1.29, 1.82) is 0 Å². The topological polar surface area (TPSA) is 3.24 Å². The van der Waals surface area contributed by atoms with Crippen LogP contribution in [0.5, 0.6) is 0 Å². The molecule has 2 heteroatoms. The summed E-state index contributed by atoms with van der Waals surface area (Å²) in [6.45, 7) is 2.26.